The van der Waals surface area contributed by atoms with Crippen molar-refractivity contribution in [3.05, 3.63) is 72.2 Å². The van der Waals surface area contributed by atoms with Crippen LogP contribution in [-0.2, 0) is 12.0 Å². The molecule has 3 aromatic rings. The summed E-state index contributed by atoms with van der Waals surface area (Å²) in [6.07, 6.45) is 2.05. The molecule has 164 valence electrons. The number of anilines is 1. The van der Waals surface area contributed by atoms with E-state index in [0.717, 1.165) is 62.5 Å². The van der Waals surface area contributed by atoms with Crippen LogP contribution in [0.1, 0.15) is 32.9 Å². The van der Waals surface area contributed by atoms with Gasteiger partial charge in [0.2, 0.25) is 0 Å². The van der Waals surface area contributed by atoms with E-state index >= 15 is 0 Å². The highest BCUT2D eigenvalue weighted by Gasteiger charge is 2.21. The first kappa shape index (κ1) is 21.6. The number of rotatable bonds is 6. The number of piperazine rings is 1. The summed E-state index contributed by atoms with van der Waals surface area (Å²) in [5.74, 6) is -0.210. The van der Waals surface area contributed by atoms with E-state index in [4.69, 9.17) is 5.10 Å². The van der Waals surface area contributed by atoms with Crippen LogP contribution in [0.25, 0.3) is 11.3 Å². The van der Waals surface area contributed by atoms with Crippen LogP contribution in [0.2, 0.25) is 0 Å². The maximum atomic E-state index is 13.4. The highest BCUT2D eigenvalue weighted by atomic mass is 19.1. The predicted molar refractivity (Wildman–Crippen MR) is 126 cm³/mol. The van der Waals surface area contributed by atoms with Crippen molar-refractivity contribution in [3.8, 4) is 11.3 Å². The Morgan fingerprint density at radius 2 is 1.58 bits per heavy atom. The first-order valence-electron chi connectivity index (χ1n) is 11.3. The fourth-order valence-electron chi connectivity index (χ4n) is 4.24. The van der Waals surface area contributed by atoms with E-state index < -0.39 is 0 Å². The number of benzene rings is 2. The van der Waals surface area contributed by atoms with Crippen LogP contribution < -0.4 is 4.90 Å². The third kappa shape index (κ3) is 5.34. The van der Waals surface area contributed by atoms with E-state index in [0.29, 0.717) is 0 Å². The summed E-state index contributed by atoms with van der Waals surface area (Å²) < 4.78 is 15.5. The zero-order valence-electron chi connectivity index (χ0n) is 18.9. The molecule has 2 heterocycles. The lowest BCUT2D eigenvalue weighted by molar-refractivity contribution is 0.254. The van der Waals surface area contributed by atoms with Crippen molar-refractivity contribution in [2.24, 2.45) is 0 Å². The molecule has 1 fully saturated rings. The average molecular weight is 421 g/mol. The molecule has 2 aromatic carbocycles. The zero-order chi connectivity index (χ0) is 21.8. The normalized spacial score (nSPS) is 15.4. The molecule has 4 rings (SSSR count). The van der Waals surface area contributed by atoms with Gasteiger partial charge in [-0.05, 0) is 82.6 Å². The largest absolute Gasteiger partial charge is 0.369 e. The lowest BCUT2D eigenvalue weighted by atomic mass is 10.1. The Labute approximate surface area is 185 Å². The van der Waals surface area contributed by atoms with Crippen molar-refractivity contribution < 1.29 is 4.39 Å². The Bertz CT molecular complexity index is 965. The standard InChI is InChI=1S/C26H33FN4/c1-26(2,3)31-25(21-11-13-22(27)14-12-21)20-23(28-31)8-7-15-29-16-18-30(19-17-29)24-9-5-4-6-10-24/h4-6,9-14,20H,7-8,15-19H2,1-3H3. The molecule has 1 aromatic heterocycles. The zero-order valence-corrected chi connectivity index (χ0v) is 18.9. The van der Waals surface area contributed by atoms with Crippen molar-refractivity contribution in [1.82, 2.24) is 14.7 Å². The molecule has 0 amide bonds. The topological polar surface area (TPSA) is 24.3 Å². The molecule has 0 aliphatic carbocycles. The van der Waals surface area contributed by atoms with Gasteiger partial charge in [-0.1, -0.05) is 18.2 Å². The minimum atomic E-state index is -0.210. The summed E-state index contributed by atoms with van der Waals surface area (Å²) in [6, 6.07) is 19.6. The Morgan fingerprint density at radius 3 is 2.23 bits per heavy atom. The Hall–Kier alpha value is -2.66. The van der Waals surface area contributed by atoms with Crippen LogP contribution >= 0.6 is 0 Å². The van der Waals surface area contributed by atoms with E-state index in [1.54, 1.807) is 0 Å². The Kier molecular flexibility index (Phi) is 6.42. The van der Waals surface area contributed by atoms with Gasteiger partial charge in [-0.3, -0.25) is 9.58 Å². The minimum Gasteiger partial charge on any atom is -0.369 e. The highest BCUT2D eigenvalue weighted by molar-refractivity contribution is 5.60. The summed E-state index contributed by atoms with van der Waals surface area (Å²) in [7, 11) is 0. The molecule has 0 spiro atoms. The summed E-state index contributed by atoms with van der Waals surface area (Å²) in [5.41, 5.74) is 4.36. The fourth-order valence-corrected chi connectivity index (χ4v) is 4.24. The van der Waals surface area contributed by atoms with Gasteiger partial charge < -0.3 is 4.90 Å². The third-order valence-corrected chi connectivity index (χ3v) is 5.94. The molecule has 1 aliphatic heterocycles. The van der Waals surface area contributed by atoms with Crippen LogP contribution in [-0.4, -0.2) is 47.4 Å². The van der Waals surface area contributed by atoms with Gasteiger partial charge in [0, 0.05) is 37.4 Å². The molecule has 5 heteroatoms. The van der Waals surface area contributed by atoms with E-state index in [1.807, 2.05) is 12.1 Å². The van der Waals surface area contributed by atoms with Crippen LogP contribution in [0, 0.1) is 5.82 Å². The first-order valence-corrected chi connectivity index (χ1v) is 11.3. The van der Waals surface area contributed by atoms with E-state index in [1.165, 1.54) is 17.8 Å². The molecule has 0 unspecified atom stereocenters. The summed E-state index contributed by atoms with van der Waals surface area (Å²) in [4.78, 5) is 5.03. The smallest absolute Gasteiger partial charge is 0.123 e. The number of para-hydroxylation sites is 1. The molecule has 4 nitrogen and oxygen atoms in total. The monoisotopic (exact) mass is 420 g/mol. The fraction of sp³-hybridized carbons (Fsp3) is 0.423. The Balaban J connectivity index is 1.34. The number of nitrogens with zero attached hydrogens (tertiary/aromatic N) is 4. The molecular weight excluding hydrogens is 387 g/mol. The van der Waals surface area contributed by atoms with Crippen molar-refractivity contribution in [2.45, 2.75) is 39.2 Å². The number of aryl methyl sites for hydroxylation is 1. The van der Waals surface area contributed by atoms with Crippen molar-refractivity contribution in [3.63, 3.8) is 0 Å². The van der Waals surface area contributed by atoms with Gasteiger partial charge >= 0.3 is 0 Å². The molecule has 1 aliphatic rings. The van der Waals surface area contributed by atoms with Crippen LogP contribution in [0.5, 0.6) is 0 Å². The summed E-state index contributed by atoms with van der Waals surface area (Å²) in [5, 5.41) is 4.91. The van der Waals surface area contributed by atoms with Gasteiger partial charge in [-0.25, -0.2) is 4.39 Å². The van der Waals surface area contributed by atoms with Crippen molar-refractivity contribution in [2.75, 3.05) is 37.6 Å². The Morgan fingerprint density at radius 1 is 0.903 bits per heavy atom. The van der Waals surface area contributed by atoms with E-state index in [-0.39, 0.29) is 11.4 Å². The number of aromatic nitrogens is 2. The third-order valence-electron chi connectivity index (χ3n) is 5.94. The highest BCUT2D eigenvalue weighted by Crippen LogP contribution is 2.27. The second-order valence-corrected chi connectivity index (χ2v) is 9.38. The van der Waals surface area contributed by atoms with Gasteiger partial charge in [0.15, 0.2) is 0 Å². The molecule has 0 atom stereocenters. The van der Waals surface area contributed by atoms with Gasteiger partial charge in [0.25, 0.3) is 0 Å². The quantitative estimate of drug-likeness (QED) is 0.548. The van der Waals surface area contributed by atoms with Crippen molar-refractivity contribution in [1.29, 1.82) is 0 Å². The molecule has 0 bridgehead atoms. The van der Waals surface area contributed by atoms with Crippen LogP contribution in [0.15, 0.2) is 60.7 Å². The molecule has 0 N–H and O–H groups in total. The number of hydrogen-bond acceptors (Lipinski definition) is 3. The predicted octanol–water partition coefficient (Wildman–Crippen LogP) is 5.20. The summed E-state index contributed by atoms with van der Waals surface area (Å²) in [6.45, 7) is 11.9. The minimum absolute atomic E-state index is 0.129. The van der Waals surface area contributed by atoms with E-state index in [9.17, 15) is 4.39 Å². The lowest BCUT2D eigenvalue weighted by Crippen LogP contribution is -2.46. The lowest BCUT2D eigenvalue weighted by Gasteiger charge is -2.36. The van der Waals surface area contributed by atoms with Crippen molar-refractivity contribution >= 4 is 5.69 Å². The summed E-state index contributed by atoms with van der Waals surface area (Å²) >= 11 is 0. The molecule has 1 saturated heterocycles. The van der Waals surface area contributed by atoms with Crippen LogP contribution in [0.3, 0.4) is 0 Å². The molecular formula is C26H33FN4. The van der Waals surface area contributed by atoms with E-state index in [2.05, 4.69) is 71.7 Å². The number of halogens is 1. The first-order chi connectivity index (χ1) is 14.9. The second kappa shape index (κ2) is 9.23. The van der Waals surface area contributed by atoms with Gasteiger partial charge in [0.1, 0.15) is 5.82 Å². The van der Waals surface area contributed by atoms with Gasteiger partial charge in [-0.15, -0.1) is 0 Å². The molecule has 31 heavy (non-hydrogen) atoms. The average Bonchev–Trinajstić information content (AvgIpc) is 3.20. The van der Waals surface area contributed by atoms with Crippen LogP contribution in [0.4, 0.5) is 10.1 Å². The number of hydrogen-bond donors (Lipinski definition) is 0. The van der Waals surface area contributed by atoms with Gasteiger partial charge in [0.05, 0.1) is 16.9 Å². The maximum absolute atomic E-state index is 13.4. The second-order valence-electron chi connectivity index (χ2n) is 9.38. The molecule has 0 radical (unpaired) electrons. The SMILES string of the molecule is CC(C)(C)n1nc(CCCN2CCN(c3ccccc3)CC2)cc1-c1ccc(F)cc1. The molecule has 0 saturated carbocycles. The van der Waals surface area contributed by atoms with Gasteiger partial charge in [-0.2, -0.15) is 5.10 Å². The maximum Gasteiger partial charge on any atom is 0.123 e.